The summed E-state index contributed by atoms with van der Waals surface area (Å²) < 4.78 is 4.44. The maximum Gasteiger partial charge on any atom is 0.374 e. The number of carbonyl (C=O) groups excluding carboxylic acids is 3. The summed E-state index contributed by atoms with van der Waals surface area (Å²) in [7, 11) is 1.19. The third-order valence-electron chi connectivity index (χ3n) is 3.93. The Kier molecular flexibility index (Phi) is 6.40. The molecule has 1 amide bonds. The van der Waals surface area contributed by atoms with Gasteiger partial charge < -0.3 is 9.64 Å². The molecule has 1 saturated heterocycles. The van der Waals surface area contributed by atoms with E-state index in [4.69, 9.17) is 23.2 Å². The Bertz CT molecular complexity index is 679. The van der Waals surface area contributed by atoms with Crippen molar-refractivity contribution < 1.29 is 19.1 Å². The molecule has 0 bridgehead atoms. The fourth-order valence-electron chi connectivity index (χ4n) is 2.52. The molecule has 1 fully saturated rings. The SMILES string of the molecule is COC(=O)C(=O)C1CCN(C(=O)/C=C/c2ccc(Cl)c(Cl)c2)CC1. The molecule has 0 N–H and O–H groups in total. The zero-order valence-electron chi connectivity index (χ0n) is 13.1. The quantitative estimate of drug-likeness (QED) is 0.464. The molecule has 0 radical (unpaired) electrons. The standard InChI is InChI=1S/C17H17Cl2NO4/c1-24-17(23)16(22)12-6-8-20(9-7-12)15(21)5-3-11-2-4-13(18)14(19)10-11/h2-5,10,12H,6-9H2,1H3/b5-3+. The van der Waals surface area contributed by atoms with E-state index in [2.05, 4.69) is 4.74 Å². The van der Waals surface area contributed by atoms with Gasteiger partial charge in [-0.15, -0.1) is 0 Å². The fraction of sp³-hybridized carbons (Fsp3) is 0.353. The van der Waals surface area contributed by atoms with Crippen molar-refractivity contribution in [1.82, 2.24) is 4.90 Å². The number of ether oxygens (including phenoxy) is 1. The van der Waals surface area contributed by atoms with Crippen LogP contribution < -0.4 is 0 Å². The first-order chi connectivity index (χ1) is 11.4. The van der Waals surface area contributed by atoms with Gasteiger partial charge in [0.05, 0.1) is 17.2 Å². The highest BCUT2D eigenvalue weighted by molar-refractivity contribution is 6.42. The molecular formula is C17H17Cl2NO4. The van der Waals surface area contributed by atoms with E-state index in [0.717, 1.165) is 5.56 Å². The summed E-state index contributed by atoms with van der Waals surface area (Å²) in [5.74, 6) is -1.86. The Morgan fingerprint density at radius 3 is 2.42 bits per heavy atom. The van der Waals surface area contributed by atoms with Gasteiger partial charge in [-0.25, -0.2) is 4.79 Å². The van der Waals surface area contributed by atoms with E-state index in [0.29, 0.717) is 36.0 Å². The van der Waals surface area contributed by atoms with Crippen molar-refractivity contribution in [1.29, 1.82) is 0 Å². The molecule has 24 heavy (non-hydrogen) atoms. The third-order valence-corrected chi connectivity index (χ3v) is 4.67. The minimum absolute atomic E-state index is 0.148. The van der Waals surface area contributed by atoms with E-state index < -0.39 is 11.8 Å². The van der Waals surface area contributed by atoms with E-state index in [1.54, 1.807) is 29.2 Å². The number of esters is 1. The van der Waals surface area contributed by atoms with Crippen LogP contribution in [0.4, 0.5) is 0 Å². The molecule has 1 aromatic rings. The smallest absolute Gasteiger partial charge is 0.374 e. The summed E-state index contributed by atoms with van der Waals surface area (Å²) in [6.45, 7) is 0.857. The molecule has 1 aliphatic rings. The normalized spacial score (nSPS) is 15.5. The molecule has 0 aromatic heterocycles. The average Bonchev–Trinajstić information content (AvgIpc) is 2.61. The van der Waals surface area contributed by atoms with Gasteiger partial charge in [0.1, 0.15) is 0 Å². The van der Waals surface area contributed by atoms with Crippen LogP contribution >= 0.6 is 23.2 Å². The van der Waals surface area contributed by atoms with Crippen molar-refractivity contribution >= 4 is 46.9 Å². The summed E-state index contributed by atoms with van der Waals surface area (Å²) in [6.07, 6.45) is 4.04. The fourth-order valence-corrected chi connectivity index (χ4v) is 2.82. The number of nitrogens with zero attached hydrogens (tertiary/aromatic N) is 1. The Labute approximate surface area is 150 Å². The van der Waals surface area contributed by atoms with Crippen molar-refractivity contribution in [3.63, 3.8) is 0 Å². The monoisotopic (exact) mass is 369 g/mol. The van der Waals surface area contributed by atoms with E-state index in [1.165, 1.54) is 13.2 Å². The van der Waals surface area contributed by atoms with Gasteiger partial charge >= 0.3 is 5.97 Å². The molecule has 0 saturated carbocycles. The van der Waals surface area contributed by atoms with Crippen molar-refractivity contribution in [2.45, 2.75) is 12.8 Å². The lowest BCUT2D eigenvalue weighted by Crippen LogP contribution is -2.41. The summed E-state index contributed by atoms with van der Waals surface area (Å²) in [4.78, 5) is 36.9. The van der Waals surface area contributed by atoms with Gasteiger partial charge in [0.15, 0.2) is 0 Å². The first kappa shape index (κ1) is 18.5. The topological polar surface area (TPSA) is 63.7 Å². The molecule has 0 atom stereocenters. The number of hydrogen-bond donors (Lipinski definition) is 0. The van der Waals surface area contributed by atoms with Crippen LogP contribution in [0, 0.1) is 5.92 Å². The second-order valence-corrected chi connectivity index (χ2v) is 6.28. The van der Waals surface area contributed by atoms with Crippen molar-refractivity contribution in [2.75, 3.05) is 20.2 Å². The highest BCUT2D eigenvalue weighted by Crippen LogP contribution is 2.23. The zero-order valence-corrected chi connectivity index (χ0v) is 14.6. The highest BCUT2D eigenvalue weighted by atomic mass is 35.5. The number of carbonyl (C=O) groups is 3. The summed E-state index contributed by atoms with van der Waals surface area (Å²) in [6, 6.07) is 5.10. The maximum atomic E-state index is 12.2. The van der Waals surface area contributed by atoms with Gasteiger partial charge in [-0.2, -0.15) is 0 Å². The van der Waals surface area contributed by atoms with Crippen LogP contribution in [0.25, 0.3) is 6.08 Å². The number of likely N-dealkylation sites (tertiary alicyclic amines) is 1. The molecule has 7 heteroatoms. The Morgan fingerprint density at radius 1 is 1.17 bits per heavy atom. The predicted molar refractivity (Wildman–Crippen MR) is 91.8 cm³/mol. The van der Waals surface area contributed by atoms with E-state index in [1.807, 2.05) is 0 Å². The number of amides is 1. The first-order valence-corrected chi connectivity index (χ1v) is 8.22. The maximum absolute atomic E-state index is 12.2. The van der Waals surface area contributed by atoms with Gasteiger partial charge in [-0.3, -0.25) is 9.59 Å². The number of Topliss-reactive ketones (excluding diaryl/α,β-unsaturated/α-hetero) is 1. The van der Waals surface area contributed by atoms with E-state index in [-0.39, 0.29) is 11.8 Å². The Morgan fingerprint density at radius 2 is 1.83 bits per heavy atom. The van der Waals surface area contributed by atoms with Gasteiger partial charge in [-0.05, 0) is 36.6 Å². The van der Waals surface area contributed by atoms with Crippen molar-refractivity contribution in [3.05, 3.63) is 39.9 Å². The molecule has 128 valence electrons. The van der Waals surface area contributed by atoms with Gasteiger partial charge in [0.25, 0.3) is 0 Å². The minimum atomic E-state index is -0.820. The van der Waals surface area contributed by atoms with Gasteiger partial charge in [-0.1, -0.05) is 29.3 Å². The summed E-state index contributed by atoms with van der Waals surface area (Å²) in [5.41, 5.74) is 0.772. The van der Waals surface area contributed by atoms with Crippen LogP contribution in [0.1, 0.15) is 18.4 Å². The molecule has 2 rings (SSSR count). The van der Waals surface area contributed by atoms with Crippen molar-refractivity contribution in [3.8, 4) is 0 Å². The second kappa shape index (κ2) is 8.31. The third kappa shape index (κ3) is 4.58. The number of benzene rings is 1. The number of rotatable bonds is 4. The highest BCUT2D eigenvalue weighted by Gasteiger charge is 2.30. The number of methoxy groups -OCH3 is 1. The second-order valence-electron chi connectivity index (χ2n) is 5.46. The summed E-state index contributed by atoms with van der Waals surface area (Å²) >= 11 is 11.8. The Balaban J connectivity index is 1.90. The van der Waals surface area contributed by atoms with Crippen molar-refractivity contribution in [2.24, 2.45) is 5.92 Å². The van der Waals surface area contributed by atoms with Crippen LogP contribution in [-0.2, 0) is 19.1 Å². The van der Waals surface area contributed by atoms with Crippen LogP contribution in [-0.4, -0.2) is 42.8 Å². The first-order valence-electron chi connectivity index (χ1n) is 7.46. The Hall–Kier alpha value is -1.85. The molecular weight excluding hydrogens is 353 g/mol. The lowest BCUT2D eigenvalue weighted by molar-refractivity contribution is -0.154. The zero-order chi connectivity index (χ0) is 17.7. The number of piperidine rings is 1. The molecule has 1 heterocycles. The minimum Gasteiger partial charge on any atom is -0.463 e. The number of halogens is 2. The molecule has 5 nitrogen and oxygen atoms in total. The van der Waals surface area contributed by atoms with Crippen LogP contribution in [0.2, 0.25) is 10.0 Å². The molecule has 0 spiro atoms. The number of ketones is 1. The lowest BCUT2D eigenvalue weighted by atomic mass is 9.92. The molecule has 1 aromatic carbocycles. The van der Waals surface area contributed by atoms with E-state index >= 15 is 0 Å². The molecule has 1 aliphatic heterocycles. The number of hydrogen-bond acceptors (Lipinski definition) is 4. The van der Waals surface area contributed by atoms with Crippen LogP contribution in [0.5, 0.6) is 0 Å². The van der Waals surface area contributed by atoms with Crippen LogP contribution in [0.3, 0.4) is 0 Å². The molecule has 0 aliphatic carbocycles. The van der Waals surface area contributed by atoms with Crippen LogP contribution in [0.15, 0.2) is 24.3 Å². The molecule has 0 unspecified atom stereocenters. The van der Waals surface area contributed by atoms with E-state index in [9.17, 15) is 14.4 Å². The predicted octanol–water partition coefficient (Wildman–Crippen LogP) is 2.99. The van der Waals surface area contributed by atoms with Gasteiger partial charge in [0.2, 0.25) is 11.7 Å². The average molecular weight is 370 g/mol. The largest absolute Gasteiger partial charge is 0.463 e. The summed E-state index contributed by atoms with van der Waals surface area (Å²) in [5, 5.41) is 0.880. The van der Waals surface area contributed by atoms with Gasteiger partial charge in [0, 0.05) is 25.1 Å². The lowest BCUT2D eigenvalue weighted by Gasteiger charge is -2.30.